The lowest BCUT2D eigenvalue weighted by Crippen LogP contribution is -2.49. The van der Waals surface area contributed by atoms with E-state index in [1.54, 1.807) is 0 Å². The summed E-state index contributed by atoms with van der Waals surface area (Å²) < 4.78 is 26.9. The van der Waals surface area contributed by atoms with Crippen molar-refractivity contribution in [2.75, 3.05) is 6.54 Å². The van der Waals surface area contributed by atoms with Crippen molar-refractivity contribution in [3.8, 4) is 0 Å². The molecule has 0 aromatic heterocycles. The second-order valence-corrected chi connectivity index (χ2v) is 8.78. The fourth-order valence-electron chi connectivity index (χ4n) is 3.75. The molecule has 1 saturated carbocycles. The molecule has 0 unspecified atom stereocenters. The molecule has 1 saturated heterocycles. The van der Waals surface area contributed by atoms with Crippen LogP contribution in [0.15, 0.2) is 30.3 Å². The third-order valence-electron chi connectivity index (χ3n) is 5.01. The molecule has 6 heteroatoms. The Balaban J connectivity index is 1.66. The summed E-state index contributed by atoms with van der Waals surface area (Å²) in [5, 5.41) is 3.08. The molecule has 24 heavy (non-hydrogen) atoms. The van der Waals surface area contributed by atoms with E-state index >= 15 is 0 Å². The monoisotopic (exact) mass is 350 g/mol. The van der Waals surface area contributed by atoms with Crippen LogP contribution < -0.4 is 5.32 Å². The number of carbonyl (C=O) groups excluding carboxylic acids is 1. The van der Waals surface area contributed by atoms with Gasteiger partial charge in [-0.3, -0.25) is 4.79 Å². The highest BCUT2D eigenvalue weighted by Crippen LogP contribution is 2.25. The Morgan fingerprint density at radius 3 is 2.46 bits per heavy atom. The van der Waals surface area contributed by atoms with Crippen LogP contribution in [0.3, 0.4) is 0 Å². The number of nitrogens with zero attached hydrogens (tertiary/aromatic N) is 1. The van der Waals surface area contributed by atoms with E-state index in [-0.39, 0.29) is 17.7 Å². The topological polar surface area (TPSA) is 66.5 Å². The van der Waals surface area contributed by atoms with Gasteiger partial charge in [-0.25, -0.2) is 8.42 Å². The molecule has 0 spiro atoms. The van der Waals surface area contributed by atoms with E-state index in [9.17, 15) is 13.2 Å². The van der Waals surface area contributed by atoms with E-state index in [4.69, 9.17) is 0 Å². The molecular formula is C18H26N2O3S. The van der Waals surface area contributed by atoms with Gasteiger partial charge in [-0.2, -0.15) is 4.31 Å². The van der Waals surface area contributed by atoms with E-state index < -0.39 is 16.1 Å². The van der Waals surface area contributed by atoms with Gasteiger partial charge in [0.15, 0.2) is 0 Å². The van der Waals surface area contributed by atoms with Gasteiger partial charge >= 0.3 is 0 Å². The largest absolute Gasteiger partial charge is 0.352 e. The molecule has 1 amide bonds. The number of sulfonamides is 1. The fourth-order valence-corrected chi connectivity index (χ4v) is 5.52. The molecule has 2 aliphatic rings. The van der Waals surface area contributed by atoms with Crippen molar-refractivity contribution in [3.05, 3.63) is 35.9 Å². The van der Waals surface area contributed by atoms with Crippen molar-refractivity contribution < 1.29 is 13.2 Å². The standard InChI is InChI=1S/C18H26N2O3S/c21-18(19-16-10-5-2-6-11-16)17-12-7-13-20(17)24(22,23)14-15-8-3-1-4-9-15/h1,3-4,8-9,16-17H,2,5-7,10-14H2,(H,19,21)/t17-/m0/s1. The molecule has 2 fully saturated rings. The van der Waals surface area contributed by atoms with E-state index in [0.29, 0.717) is 13.0 Å². The van der Waals surface area contributed by atoms with Crippen LogP contribution in [0.4, 0.5) is 0 Å². The number of rotatable bonds is 5. The molecule has 0 radical (unpaired) electrons. The minimum Gasteiger partial charge on any atom is -0.352 e. The fraction of sp³-hybridized carbons (Fsp3) is 0.611. The predicted molar refractivity (Wildman–Crippen MR) is 93.8 cm³/mol. The highest BCUT2D eigenvalue weighted by molar-refractivity contribution is 7.88. The lowest BCUT2D eigenvalue weighted by molar-refractivity contribution is -0.125. The first-order chi connectivity index (χ1) is 11.6. The smallest absolute Gasteiger partial charge is 0.238 e. The van der Waals surface area contributed by atoms with Crippen molar-refractivity contribution in [1.29, 1.82) is 0 Å². The number of benzene rings is 1. The SMILES string of the molecule is O=C(NC1CCCCC1)[C@@H]1CCCN1S(=O)(=O)Cc1ccccc1. The molecule has 1 atom stereocenters. The summed E-state index contributed by atoms with van der Waals surface area (Å²) in [7, 11) is -3.48. The second kappa shape index (κ2) is 7.66. The van der Waals surface area contributed by atoms with Crippen LogP contribution in [0, 0.1) is 0 Å². The molecule has 1 aromatic rings. The van der Waals surface area contributed by atoms with Crippen molar-refractivity contribution in [2.24, 2.45) is 0 Å². The molecular weight excluding hydrogens is 324 g/mol. The molecule has 0 bridgehead atoms. The number of nitrogens with one attached hydrogen (secondary N) is 1. The van der Waals surface area contributed by atoms with Gasteiger partial charge in [0, 0.05) is 12.6 Å². The Bertz CT molecular complexity index is 654. The van der Waals surface area contributed by atoms with Crippen LogP contribution in [-0.4, -0.2) is 37.3 Å². The predicted octanol–water partition coefficient (Wildman–Crippen LogP) is 2.43. The third-order valence-corrected chi connectivity index (χ3v) is 6.86. The molecule has 1 heterocycles. The van der Waals surface area contributed by atoms with Crippen LogP contribution in [-0.2, 0) is 20.6 Å². The quantitative estimate of drug-likeness (QED) is 0.887. The third kappa shape index (κ3) is 4.16. The summed E-state index contributed by atoms with van der Waals surface area (Å²) in [6.45, 7) is 0.442. The average Bonchev–Trinajstić information content (AvgIpc) is 3.07. The lowest BCUT2D eigenvalue weighted by Gasteiger charge is -2.28. The van der Waals surface area contributed by atoms with Crippen molar-refractivity contribution in [1.82, 2.24) is 9.62 Å². The molecule has 1 aliphatic heterocycles. The zero-order valence-corrected chi connectivity index (χ0v) is 14.8. The van der Waals surface area contributed by atoms with Gasteiger partial charge in [0.25, 0.3) is 0 Å². The zero-order chi connectivity index (χ0) is 17.0. The van der Waals surface area contributed by atoms with Crippen LogP contribution in [0.1, 0.15) is 50.5 Å². The molecule has 132 valence electrons. The van der Waals surface area contributed by atoms with Crippen LogP contribution >= 0.6 is 0 Å². The van der Waals surface area contributed by atoms with Gasteiger partial charge in [0.2, 0.25) is 15.9 Å². The molecule has 1 N–H and O–H groups in total. The molecule has 3 rings (SSSR count). The highest BCUT2D eigenvalue weighted by atomic mass is 32.2. The molecule has 1 aromatic carbocycles. The van der Waals surface area contributed by atoms with Gasteiger partial charge < -0.3 is 5.32 Å². The van der Waals surface area contributed by atoms with E-state index in [1.807, 2.05) is 30.3 Å². The van der Waals surface area contributed by atoms with E-state index in [0.717, 1.165) is 37.7 Å². The van der Waals surface area contributed by atoms with Gasteiger partial charge in [-0.05, 0) is 31.2 Å². The summed E-state index contributed by atoms with van der Waals surface area (Å²) in [5.41, 5.74) is 0.760. The Labute approximate surface area is 144 Å². The Kier molecular flexibility index (Phi) is 5.56. The average molecular weight is 350 g/mol. The van der Waals surface area contributed by atoms with E-state index in [1.165, 1.54) is 10.7 Å². The number of carbonyl (C=O) groups is 1. The minimum absolute atomic E-state index is 0.0406. The summed E-state index contributed by atoms with van der Waals surface area (Å²) in [6, 6.07) is 8.83. The summed E-state index contributed by atoms with van der Waals surface area (Å²) in [6.07, 6.45) is 6.90. The lowest BCUT2D eigenvalue weighted by atomic mass is 9.95. The first-order valence-electron chi connectivity index (χ1n) is 8.90. The maximum atomic E-state index is 12.8. The Morgan fingerprint density at radius 2 is 1.75 bits per heavy atom. The highest BCUT2D eigenvalue weighted by Gasteiger charge is 2.39. The minimum atomic E-state index is -3.48. The molecule has 1 aliphatic carbocycles. The number of hydrogen-bond donors (Lipinski definition) is 1. The van der Waals surface area contributed by atoms with E-state index in [2.05, 4.69) is 5.32 Å². The summed E-state index contributed by atoms with van der Waals surface area (Å²) in [4.78, 5) is 12.6. The first-order valence-corrected chi connectivity index (χ1v) is 10.5. The van der Waals surface area contributed by atoms with Crippen molar-refractivity contribution in [3.63, 3.8) is 0 Å². The van der Waals surface area contributed by atoms with Crippen LogP contribution in [0.2, 0.25) is 0 Å². The van der Waals surface area contributed by atoms with Crippen molar-refractivity contribution >= 4 is 15.9 Å². The normalized spacial score (nSPS) is 23.2. The van der Waals surface area contributed by atoms with Crippen molar-refractivity contribution in [2.45, 2.75) is 62.8 Å². The van der Waals surface area contributed by atoms with Gasteiger partial charge in [0.1, 0.15) is 6.04 Å². The van der Waals surface area contributed by atoms with Crippen LogP contribution in [0.5, 0.6) is 0 Å². The van der Waals surface area contributed by atoms with Crippen LogP contribution in [0.25, 0.3) is 0 Å². The maximum Gasteiger partial charge on any atom is 0.238 e. The van der Waals surface area contributed by atoms with Gasteiger partial charge in [-0.1, -0.05) is 49.6 Å². The molecule has 5 nitrogen and oxygen atoms in total. The summed E-state index contributed by atoms with van der Waals surface area (Å²) in [5.74, 6) is -0.155. The summed E-state index contributed by atoms with van der Waals surface area (Å²) >= 11 is 0. The maximum absolute atomic E-state index is 12.8. The second-order valence-electron chi connectivity index (χ2n) is 6.85. The Hall–Kier alpha value is -1.40. The van der Waals surface area contributed by atoms with Gasteiger partial charge in [0.05, 0.1) is 5.75 Å². The number of amides is 1. The zero-order valence-electron chi connectivity index (χ0n) is 14.0. The number of hydrogen-bond acceptors (Lipinski definition) is 3. The Morgan fingerprint density at radius 1 is 1.04 bits per heavy atom. The van der Waals surface area contributed by atoms with Gasteiger partial charge in [-0.15, -0.1) is 0 Å². The first kappa shape index (κ1) is 17.4.